The first-order chi connectivity index (χ1) is 13.6. The molecule has 0 aliphatic rings. The Balaban J connectivity index is 1.64. The van der Waals surface area contributed by atoms with Crippen molar-refractivity contribution in [3.8, 4) is 0 Å². The second-order valence-electron chi connectivity index (χ2n) is 6.01. The van der Waals surface area contributed by atoms with Crippen LogP contribution in [0.4, 0.5) is 0 Å². The fourth-order valence-electron chi connectivity index (χ4n) is 2.81. The van der Waals surface area contributed by atoms with Gasteiger partial charge in [0.1, 0.15) is 24.5 Å². The summed E-state index contributed by atoms with van der Waals surface area (Å²) in [5.41, 5.74) is 5.60. The van der Waals surface area contributed by atoms with Gasteiger partial charge in [-0.1, -0.05) is 23.9 Å². The molecule has 0 atom stereocenters. The predicted octanol–water partition coefficient (Wildman–Crippen LogP) is 1.41. The maximum Gasteiger partial charge on any atom is 0.261 e. The Hall–Kier alpha value is -3.40. The van der Waals surface area contributed by atoms with Crippen molar-refractivity contribution in [2.75, 3.05) is 0 Å². The number of benzene rings is 1. The van der Waals surface area contributed by atoms with Crippen LogP contribution in [0.25, 0.3) is 10.9 Å². The number of thioether (sulfide) groups is 1. The molecule has 0 aliphatic carbocycles. The van der Waals surface area contributed by atoms with Crippen molar-refractivity contribution in [2.24, 2.45) is 5.73 Å². The van der Waals surface area contributed by atoms with Gasteiger partial charge in [-0.05, 0) is 24.3 Å². The fourth-order valence-corrected chi connectivity index (χ4v) is 3.67. The van der Waals surface area contributed by atoms with Crippen LogP contribution < -0.4 is 11.3 Å². The number of aromatic nitrogens is 5. The summed E-state index contributed by atoms with van der Waals surface area (Å²) in [7, 11) is 0. The fraction of sp³-hybridized carbons (Fsp3) is 0.167. The van der Waals surface area contributed by atoms with Crippen molar-refractivity contribution >= 4 is 28.6 Å². The number of carbonyl (C=O) groups is 1. The highest BCUT2D eigenvalue weighted by molar-refractivity contribution is 7.98. The number of nitrogens with two attached hydrogens (primary N) is 1. The number of carbonyl (C=O) groups excluding carboxylic acids is 1. The number of furan rings is 1. The number of primary amides is 1. The monoisotopic (exact) mass is 396 g/mol. The summed E-state index contributed by atoms with van der Waals surface area (Å²) in [6, 6.07) is 10.7. The van der Waals surface area contributed by atoms with E-state index in [-0.39, 0.29) is 12.1 Å². The van der Waals surface area contributed by atoms with Gasteiger partial charge in [0.05, 0.1) is 29.5 Å². The SMILES string of the molecule is NC(=O)Cn1c(CSc2nncn2Cc2ccco2)nc2ccccc2c1=O. The molecule has 0 spiro atoms. The van der Waals surface area contributed by atoms with Gasteiger partial charge < -0.3 is 14.7 Å². The zero-order chi connectivity index (χ0) is 19.5. The lowest BCUT2D eigenvalue weighted by Gasteiger charge is -2.12. The standard InChI is InChI=1S/C18H16N6O3S/c19-15(25)9-24-16(21-14-6-2-1-5-13(14)17(24)26)10-28-18-22-20-11-23(18)8-12-4-3-7-27-12/h1-7,11H,8-10H2,(H2,19,25). The van der Waals surface area contributed by atoms with E-state index >= 15 is 0 Å². The average Bonchev–Trinajstić information content (AvgIpc) is 3.35. The summed E-state index contributed by atoms with van der Waals surface area (Å²) in [5.74, 6) is 0.937. The van der Waals surface area contributed by atoms with Crippen LogP contribution >= 0.6 is 11.8 Å². The highest BCUT2D eigenvalue weighted by atomic mass is 32.2. The number of hydrogen-bond acceptors (Lipinski definition) is 7. The minimum atomic E-state index is -0.605. The van der Waals surface area contributed by atoms with Gasteiger partial charge in [0, 0.05) is 0 Å². The zero-order valence-corrected chi connectivity index (χ0v) is 15.5. The van der Waals surface area contributed by atoms with Crippen molar-refractivity contribution < 1.29 is 9.21 Å². The third-order valence-corrected chi connectivity index (χ3v) is 5.05. The number of amides is 1. The number of fused-ring (bicyclic) bond motifs is 1. The summed E-state index contributed by atoms with van der Waals surface area (Å²) < 4.78 is 8.50. The molecule has 28 heavy (non-hydrogen) atoms. The van der Waals surface area contributed by atoms with Gasteiger partial charge in [0.15, 0.2) is 5.16 Å². The summed E-state index contributed by atoms with van der Waals surface area (Å²) in [4.78, 5) is 28.8. The van der Waals surface area contributed by atoms with Crippen LogP contribution in [0.2, 0.25) is 0 Å². The van der Waals surface area contributed by atoms with E-state index in [1.54, 1.807) is 30.8 Å². The van der Waals surface area contributed by atoms with Crippen molar-refractivity contribution in [1.82, 2.24) is 24.3 Å². The first-order valence-electron chi connectivity index (χ1n) is 8.41. The van der Waals surface area contributed by atoms with Gasteiger partial charge >= 0.3 is 0 Å². The average molecular weight is 396 g/mol. The molecule has 142 valence electrons. The maximum atomic E-state index is 12.8. The molecule has 3 aromatic heterocycles. The van der Waals surface area contributed by atoms with Gasteiger partial charge in [-0.15, -0.1) is 10.2 Å². The van der Waals surface area contributed by atoms with Crippen LogP contribution in [-0.2, 0) is 23.6 Å². The molecule has 9 nitrogen and oxygen atoms in total. The molecule has 0 saturated carbocycles. The topological polar surface area (TPSA) is 122 Å². The minimum Gasteiger partial charge on any atom is -0.467 e. The lowest BCUT2D eigenvalue weighted by molar-refractivity contribution is -0.118. The highest BCUT2D eigenvalue weighted by Gasteiger charge is 2.15. The second kappa shape index (κ2) is 7.69. The normalized spacial score (nSPS) is 11.1. The van der Waals surface area contributed by atoms with Crippen LogP contribution in [0, 0.1) is 0 Å². The van der Waals surface area contributed by atoms with E-state index in [1.165, 1.54) is 16.3 Å². The van der Waals surface area contributed by atoms with Gasteiger partial charge in [-0.2, -0.15) is 0 Å². The van der Waals surface area contributed by atoms with Gasteiger partial charge in [-0.3, -0.25) is 14.2 Å². The molecular formula is C18H16N6O3S. The van der Waals surface area contributed by atoms with E-state index in [0.717, 1.165) is 5.76 Å². The number of para-hydroxylation sites is 1. The predicted molar refractivity (Wildman–Crippen MR) is 103 cm³/mol. The molecule has 0 fully saturated rings. The molecule has 0 radical (unpaired) electrons. The molecule has 0 aliphatic heterocycles. The van der Waals surface area contributed by atoms with E-state index in [9.17, 15) is 9.59 Å². The molecule has 10 heteroatoms. The molecule has 0 unspecified atom stereocenters. The van der Waals surface area contributed by atoms with Crippen molar-refractivity contribution in [1.29, 1.82) is 0 Å². The van der Waals surface area contributed by atoms with Crippen molar-refractivity contribution in [3.63, 3.8) is 0 Å². The third kappa shape index (κ3) is 3.67. The molecular weight excluding hydrogens is 380 g/mol. The van der Waals surface area contributed by atoms with Crippen LogP contribution in [-0.4, -0.2) is 30.2 Å². The summed E-state index contributed by atoms with van der Waals surface area (Å²) in [6.07, 6.45) is 3.21. The van der Waals surface area contributed by atoms with Gasteiger partial charge in [0.2, 0.25) is 5.91 Å². The van der Waals surface area contributed by atoms with E-state index in [0.29, 0.717) is 34.2 Å². The Kier molecular flexibility index (Phi) is 4.94. The molecule has 4 aromatic rings. The minimum absolute atomic E-state index is 0.231. The maximum absolute atomic E-state index is 12.8. The van der Waals surface area contributed by atoms with E-state index in [2.05, 4.69) is 15.2 Å². The van der Waals surface area contributed by atoms with E-state index in [1.807, 2.05) is 22.8 Å². The Labute approximate surface area is 163 Å². The van der Waals surface area contributed by atoms with E-state index in [4.69, 9.17) is 10.2 Å². The van der Waals surface area contributed by atoms with Crippen LogP contribution in [0.15, 0.2) is 63.4 Å². The largest absolute Gasteiger partial charge is 0.467 e. The van der Waals surface area contributed by atoms with Crippen molar-refractivity contribution in [2.45, 2.75) is 24.0 Å². The molecule has 0 bridgehead atoms. The van der Waals surface area contributed by atoms with Gasteiger partial charge in [0.25, 0.3) is 5.56 Å². The first-order valence-corrected chi connectivity index (χ1v) is 9.40. The Morgan fingerprint density at radius 2 is 2.07 bits per heavy atom. The summed E-state index contributed by atoms with van der Waals surface area (Å²) >= 11 is 1.36. The van der Waals surface area contributed by atoms with Crippen LogP contribution in [0.5, 0.6) is 0 Å². The van der Waals surface area contributed by atoms with E-state index < -0.39 is 5.91 Å². The number of nitrogens with zero attached hydrogens (tertiary/aromatic N) is 5. The smallest absolute Gasteiger partial charge is 0.261 e. The lowest BCUT2D eigenvalue weighted by Crippen LogP contribution is -2.31. The van der Waals surface area contributed by atoms with Crippen LogP contribution in [0.1, 0.15) is 11.6 Å². The van der Waals surface area contributed by atoms with Crippen LogP contribution in [0.3, 0.4) is 0 Å². The molecule has 2 N–H and O–H groups in total. The lowest BCUT2D eigenvalue weighted by atomic mass is 10.2. The quantitative estimate of drug-likeness (QED) is 0.469. The molecule has 1 amide bonds. The summed E-state index contributed by atoms with van der Waals surface area (Å²) in [6.45, 7) is 0.257. The second-order valence-corrected chi connectivity index (χ2v) is 6.95. The molecule has 0 saturated heterocycles. The van der Waals surface area contributed by atoms with Gasteiger partial charge in [-0.25, -0.2) is 4.98 Å². The first kappa shape index (κ1) is 18.0. The van der Waals surface area contributed by atoms with Crippen molar-refractivity contribution in [3.05, 3.63) is 70.9 Å². The Morgan fingerprint density at radius 3 is 2.86 bits per heavy atom. The highest BCUT2D eigenvalue weighted by Crippen LogP contribution is 2.21. The molecule has 1 aromatic carbocycles. The number of hydrogen-bond donors (Lipinski definition) is 1. The Morgan fingerprint density at radius 1 is 1.21 bits per heavy atom. The number of rotatable bonds is 7. The Bertz CT molecular complexity index is 1180. The third-order valence-electron chi connectivity index (χ3n) is 4.07. The summed E-state index contributed by atoms with van der Waals surface area (Å²) in [5, 5.41) is 9.14. The molecule has 4 rings (SSSR count). The zero-order valence-electron chi connectivity index (χ0n) is 14.7. The molecule has 3 heterocycles.